The second-order valence-electron chi connectivity index (χ2n) is 11.2. The molecule has 52 heavy (non-hydrogen) atoms. The third kappa shape index (κ3) is 8.68. The number of hydrogen-bond donors (Lipinski definition) is 2. The van der Waals surface area contributed by atoms with E-state index in [2.05, 4.69) is 15.0 Å². The van der Waals surface area contributed by atoms with Crippen LogP contribution in [0.1, 0.15) is 58.3 Å². The van der Waals surface area contributed by atoms with Crippen molar-refractivity contribution < 1.29 is 27.9 Å². The van der Waals surface area contributed by atoms with Crippen molar-refractivity contribution in [2.75, 3.05) is 7.11 Å². The third-order valence-electron chi connectivity index (χ3n) is 7.75. The number of carboxylic acids is 1. The number of carboxylic acid groups (broad SMARTS) is 1. The molecule has 0 radical (unpaired) electrons. The largest absolute Gasteiger partial charge is 0.478 e. The van der Waals surface area contributed by atoms with Gasteiger partial charge in [0.05, 0.1) is 28.6 Å². The lowest BCUT2D eigenvalue weighted by atomic mass is 10.1. The topological polar surface area (TPSA) is 144 Å². The molecule has 0 fully saturated rings. The number of aromatic carboxylic acids is 1. The van der Waals surface area contributed by atoms with Crippen LogP contribution in [0.4, 0.5) is 0 Å². The van der Waals surface area contributed by atoms with Gasteiger partial charge in [-0.05, 0) is 84.9 Å². The summed E-state index contributed by atoms with van der Waals surface area (Å²) < 4.78 is 33.0. The van der Waals surface area contributed by atoms with Gasteiger partial charge in [0.2, 0.25) is 0 Å². The molecule has 3 aromatic carbocycles. The molecule has 13 heteroatoms. The van der Waals surface area contributed by atoms with Crippen LogP contribution in [0.3, 0.4) is 0 Å². The van der Waals surface area contributed by atoms with Gasteiger partial charge in [0.1, 0.15) is 0 Å². The van der Waals surface area contributed by atoms with E-state index in [-0.39, 0.29) is 31.7 Å². The first-order valence-electron chi connectivity index (χ1n) is 15.1. The summed E-state index contributed by atoms with van der Waals surface area (Å²) in [6.45, 7) is 0. The van der Waals surface area contributed by atoms with Gasteiger partial charge in [-0.15, -0.1) is 0 Å². The molecule has 0 saturated carbocycles. The van der Waals surface area contributed by atoms with Crippen LogP contribution >= 0.6 is 23.2 Å². The quantitative estimate of drug-likeness (QED) is 0.146. The predicted molar refractivity (Wildman–Crippen MR) is 205 cm³/mol. The summed E-state index contributed by atoms with van der Waals surface area (Å²) in [5, 5.41) is 11.9. The van der Waals surface area contributed by atoms with E-state index in [1.807, 2.05) is 24.3 Å². The number of H-pyrrole nitrogens is 1. The molecule has 10 nitrogen and oxygen atoms in total. The van der Waals surface area contributed by atoms with Crippen molar-refractivity contribution in [1.82, 2.24) is 18.9 Å². The SMILES string of the molecule is C.C.COC(=O)c1ccnc(Cc2cc3cc(Cl)ccc3n2S(=O)(=O)c2ccccc2)c1.O=C(O)c1ccnc(Cc2cc3cc(Cl)ccc3[nH]2)c1. The van der Waals surface area contributed by atoms with Crippen molar-refractivity contribution in [2.45, 2.75) is 32.6 Å². The number of ether oxygens (including phenoxy) is 1. The van der Waals surface area contributed by atoms with E-state index in [4.69, 9.17) is 33.0 Å². The van der Waals surface area contributed by atoms with Crippen LogP contribution in [0, 0.1) is 0 Å². The van der Waals surface area contributed by atoms with E-state index in [9.17, 15) is 18.0 Å². The van der Waals surface area contributed by atoms with Crippen molar-refractivity contribution in [3.63, 3.8) is 0 Å². The molecule has 0 unspecified atom stereocenters. The zero-order valence-electron chi connectivity index (χ0n) is 26.4. The third-order valence-corrected chi connectivity index (χ3v) is 10.00. The lowest BCUT2D eigenvalue weighted by Crippen LogP contribution is -2.16. The molecule has 0 spiro atoms. The van der Waals surface area contributed by atoms with Crippen molar-refractivity contribution >= 4 is 67.0 Å². The van der Waals surface area contributed by atoms with Crippen molar-refractivity contribution in [3.8, 4) is 0 Å². The van der Waals surface area contributed by atoms with Crippen molar-refractivity contribution in [1.29, 1.82) is 0 Å². The lowest BCUT2D eigenvalue weighted by Gasteiger charge is -2.12. The normalized spacial score (nSPS) is 10.8. The van der Waals surface area contributed by atoms with Gasteiger partial charge in [0.25, 0.3) is 10.0 Å². The minimum absolute atomic E-state index is 0. The Hall–Kier alpha value is -5.49. The standard InChI is InChI=1S/C22H17ClN2O4S.C15H11ClN2O2.2CH4/c1-29-22(26)15-9-10-24-18(12-15)14-19-13-16-11-17(23)7-8-21(16)25(19)30(27,28)20-5-3-2-4-6-20;16-11-1-2-14-10(5-11)7-13(18-14)8-12-6-9(15(19)20)3-4-17-12;;/h2-13H,14H2,1H3;1-7,18H,8H2,(H,19,20);2*1H4. The number of hydrogen-bond acceptors (Lipinski definition) is 7. The van der Waals surface area contributed by atoms with Gasteiger partial charge < -0.3 is 14.8 Å². The number of benzene rings is 3. The Morgan fingerprint density at radius 3 is 2.06 bits per heavy atom. The molecule has 0 aliphatic heterocycles. The number of aromatic amines is 1. The number of esters is 1. The second kappa shape index (κ2) is 16.7. The van der Waals surface area contributed by atoms with Crippen LogP contribution < -0.4 is 0 Å². The molecule has 7 aromatic rings. The molecule has 268 valence electrons. The van der Waals surface area contributed by atoms with Crippen LogP contribution in [0.2, 0.25) is 10.0 Å². The molecular weight excluding hydrogens is 723 g/mol. The Kier molecular flexibility index (Phi) is 12.6. The highest BCUT2D eigenvalue weighted by molar-refractivity contribution is 7.90. The fourth-order valence-corrected chi connectivity index (χ4v) is 7.41. The Bertz CT molecular complexity index is 2480. The van der Waals surface area contributed by atoms with E-state index < -0.39 is 22.0 Å². The van der Waals surface area contributed by atoms with Crippen LogP contribution in [-0.4, -0.2) is 51.5 Å². The number of nitrogens with one attached hydrogen (secondary N) is 1. The van der Waals surface area contributed by atoms with E-state index in [1.165, 1.54) is 29.5 Å². The first-order chi connectivity index (χ1) is 24.0. The maximum Gasteiger partial charge on any atom is 0.337 e. The minimum Gasteiger partial charge on any atom is -0.478 e. The highest BCUT2D eigenvalue weighted by Crippen LogP contribution is 2.29. The molecule has 0 saturated heterocycles. The van der Waals surface area contributed by atoms with E-state index in [1.54, 1.807) is 72.8 Å². The Morgan fingerprint density at radius 1 is 0.769 bits per heavy atom. The molecule has 7 rings (SSSR count). The lowest BCUT2D eigenvalue weighted by molar-refractivity contribution is 0.0599. The number of aromatic nitrogens is 4. The number of carbonyl (C=O) groups is 2. The number of nitrogens with zero attached hydrogens (tertiary/aromatic N) is 3. The van der Waals surface area contributed by atoms with Gasteiger partial charge in [-0.1, -0.05) is 56.3 Å². The van der Waals surface area contributed by atoms with Crippen LogP contribution in [0.15, 0.2) is 120 Å². The number of fused-ring (bicyclic) bond motifs is 2. The Morgan fingerprint density at radius 2 is 1.38 bits per heavy atom. The molecule has 0 aliphatic carbocycles. The molecule has 0 atom stereocenters. The number of rotatable bonds is 8. The van der Waals surface area contributed by atoms with Gasteiger partial charge in [-0.25, -0.2) is 22.0 Å². The van der Waals surface area contributed by atoms with Crippen molar-refractivity contribution in [2.24, 2.45) is 0 Å². The summed E-state index contributed by atoms with van der Waals surface area (Å²) in [6, 6.07) is 28.9. The zero-order chi connectivity index (χ0) is 35.4. The maximum absolute atomic E-state index is 13.5. The first kappa shape index (κ1) is 39.3. The Balaban J connectivity index is 0.000000241. The first-order valence-corrected chi connectivity index (χ1v) is 17.3. The summed E-state index contributed by atoms with van der Waals surface area (Å²) in [7, 11) is -2.56. The molecule has 4 aromatic heterocycles. The second-order valence-corrected chi connectivity index (χ2v) is 13.8. The number of carbonyl (C=O) groups excluding carboxylic acids is 1. The average molecular weight is 760 g/mol. The highest BCUT2D eigenvalue weighted by atomic mass is 35.5. The smallest absolute Gasteiger partial charge is 0.337 e. The molecule has 2 N–H and O–H groups in total. The van der Waals surface area contributed by atoms with E-state index >= 15 is 0 Å². The van der Waals surface area contributed by atoms with Gasteiger partial charge in [-0.3, -0.25) is 9.97 Å². The average Bonchev–Trinajstić information content (AvgIpc) is 3.68. The number of halogens is 2. The minimum atomic E-state index is -3.86. The van der Waals surface area contributed by atoms with Gasteiger partial charge >= 0.3 is 11.9 Å². The molecule has 0 amide bonds. The summed E-state index contributed by atoms with van der Waals surface area (Å²) in [5.41, 5.74) is 4.83. The van der Waals surface area contributed by atoms with Crippen LogP contribution in [0.5, 0.6) is 0 Å². The zero-order valence-corrected chi connectivity index (χ0v) is 28.7. The van der Waals surface area contributed by atoms with Crippen LogP contribution in [-0.2, 0) is 27.6 Å². The number of pyridine rings is 2. The Labute approximate surface area is 311 Å². The summed E-state index contributed by atoms with van der Waals surface area (Å²) in [6.07, 6.45) is 3.76. The van der Waals surface area contributed by atoms with Crippen molar-refractivity contribution in [3.05, 3.63) is 159 Å². The molecule has 0 bridgehead atoms. The summed E-state index contributed by atoms with van der Waals surface area (Å²) in [5.74, 6) is -1.43. The fraction of sp³-hybridized carbons (Fsp3) is 0.128. The monoisotopic (exact) mass is 758 g/mol. The van der Waals surface area contributed by atoms with Crippen LogP contribution in [0.25, 0.3) is 21.8 Å². The summed E-state index contributed by atoms with van der Waals surface area (Å²) >= 11 is 12.1. The van der Waals surface area contributed by atoms with E-state index in [0.29, 0.717) is 50.0 Å². The molecule has 4 heterocycles. The summed E-state index contributed by atoms with van der Waals surface area (Å²) in [4.78, 5) is 34.7. The van der Waals surface area contributed by atoms with Gasteiger partial charge in [0, 0.05) is 74.3 Å². The maximum atomic E-state index is 13.5. The molecule has 0 aliphatic rings. The predicted octanol–water partition coefficient (Wildman–Crippen LogP) is 9.08. The molecular formula is C39H36Cl2N4O6S. The fourth-order valence-electron chi connectivity index (χ4n) is 5.49. The number of methoxy groups -OCH3 is 1. The van der Waals surface area contributed by atoms with Gasteiger partial charge in [-0.2, -0.15) is 0 Å². The van der Waals surface area contributed by atoms with E-state index in [0.717, 1.165) is 16.6 Å². The highest BCUT2D eigenvalue weighted by Gasteiger charge is 2.23. The van der Waals surface area contributed by atoms with Gasteiger partial charge in [0.15, 0.2) is 0 Å².